The molecule has 1 aliphatic heterocycles. The van der Waals surface area contributed by atoms with Gasteiger partial charge >= 0.3 is 0 Å². The Bertz CT molecular complexity index is 530. The summed E-state index contributed by atoms with van der Waals surface area (Å²) in [6, 6.07) is 1.82. The molecule has 4 heteroatoms. The van der Waals surface area contributed by atoms with Crippen LogP contribution in [-0.4, -0.2) is 35.6 Å². The van der Waals surface area contributed by atoms with E-state index in [1.54, 1.807) is 0 Å². The average molecular weight is 291 g/mol. The molecular weight excluding hydrogens is 270 g/mol. The fourth-order valence-electron chi connectivity index (χ4n) is 2.43. The molecule has 0 aromatic carbocycles. The summed E-state index contributed by atoms with van der Waals surface area (Å²) in [5.74, 6) is 5.56. The second-order valence-electron chi connectivity index (χ2n) is 5.62. The quantitative estimate of drug-likeness (QED) is 0.851. The van der Waals surface area contributed by atoms with Crippen molar-refractivity contribution < 1.29 is 9.90 Å². The maximum atomic E-state index is 12.4. The van der Waals surface area contributed by atoms with E-state index in [0.717, 1.165) is 36.4 Å². The number of piperidine rings is 1. The Morgan fingerprint density at radius 2 is 2.20 bits per heavy atom. The largest absolute Gasteiger partial charge is 0.384 e. The normalized spacial score (nSPS) is 17.4. The molecule has 0 aliphatic carbocycles. The van der Waals surface area contributed by atoms with Crippen LogP contribution in [0.2, 0.25) is 0 Å². The molecule has 0 spiro atoms. The molecule has 0 saturated carbocycles. The Balaban J connectivity index is 2.00. The van der Waals surface area contributed by atoms with E-state index in [2.05, 4.69) is 25.7 Å². The smallest absolute Gasteiger partial charge is 0.254 e. The van der Waals surface area contributed by atoms with E-state index in [4.69, 9.17) is 5.11 Å². The average Bonchev–Trinajstić information content (AvgIpc) is 2.94. The van der Waals surface area contributed by atoms with Crippen LogP contribution in [0, 0.1) is 17.3 Å². The van der Waals surface area contributed by atoms with Crippen molar-refractivity contribution in [3.8, 4) is 11.8 Å². The summed E-state index contributed by atoms with van der Waals surface area (Å²) in [5, 5.41) is 10.5. The molecule has 0 unspecified atom stereocenters. The third-order valence-electron chi connectivity index (χ3n) is 4.25. The molecule has 0 atom stereocenters. The lowest BCUT2D eigenvalue weighted by Crippen LogP contribution is -2.41. The number of aliphatic hydroxyl groups is 1. The summed E-state index contributed by atoms with van der Waals surface area (Å²) in [6.45, 7) is 6.07. The van der Waals surface area contributed by atoms with Gasteiger partial charge in [-0.2, -0.15) is 0 Å². The Morgan fingerprint density at radius 3 is 2.80 bits per heavy atom. The minimum absolute atomic E-state index is 0.108. The Kier molecular flexibility index (Phi) is 4.85. The summed E-state index contributed by atoms with van der Waals surface area (Å²) in [5.41, 5.74) is 1.11. The molecule has 1 N–H and O–H groups in total. The first-order valence-electron chi connectivity index (χ1n) is 7.05. The van der Waals surface area contributed by atoms with Crippen molar-refractivity contribution >= 4 is 17.2 Å². The van der Waals surface area contributed by atoms with Gasteiger partial charge in [-0.3, -0.25) is 4.79 Å². The van der Waals surface area contributed by atoms with Crippen molar-refractivity contribution in [2.45, 2.75) is 33.1 Å². The van der Waals surface area contributed by atoms with Crippen molar-refractivity contribution in [1.82, 2.24) is 4.90 Å². The number of amides is 1. The molecule has 0 bridgehead atoms. The van der Waals surface area contributed by atoms with E-state index < -0.39 is 0 Å². The van der Waals surface area contributed by atoms with Crippen molar-refractivity contribution in [2.75, 3.05) is 19.7 Å². The summed E-state index contributed by atoms with van der Waals surface area (Å²) in [6.07, 6.45) is 3.33. The molecule has 108 valence electrons. The Morgan fingerprint density at radius 1 is 1.50 bits per heavy atom. The maximum absolute atomic E-state index is 12.4. The Hall–Kier alpha value is -1.31. The maximum Gasteiger partial charge on any atom is 0.254 e. The van der Waals surface area contributed by atoms with Gasteiger partial charge < -0.3 is 10.0 Å². The van der Waals surface area contributed by atoms with Gasteiger partial charge in [0.1, 0.15) is 6.61 Å². The number of thiophene rings is 1. The van der Waals surface area contributed by atoms with Gasteiger partial charge in [0, 0.05) is 18.5 Å². The second-order valence-corrected chi connectivity index (χ2v) is 6.53. The number of nitrogens with zero attached hydrogens (tertiary/aromatic N) is 1. The summed E-state index contributed by atoms with van der Waals surface area (Å²) in [7, 11) is 0. The second kappa shape index (κ2) is 6.43. The van der Waals surface area contributed by atoms with Crippen LogP contribution in [0.15, 0.2) is 11.4 Å². The highest BCUT2D eigenvalue weighted by atomic mass is 32.1. The molecule has 2 heterocycles. The molecule has 1 aromatic heterocycles. The Labute approximate surface area is 124 Å². The highest BCUT2D eigenvalue weighted by Crippen LogP contribution is 2.34. The molecule has 2 rings (SSSR count). The van der Waals surface area contributed by atoms with Crippen molar-refractivity contribution in [3.05, 3.63) is 21.9 Å². The summed E-state index contributed by atoms with van der Waals surface area (Å²) < 4.78 is 0. The fourth-order valence-corrected chi connectivity index (χ4v) is 3.18. The number of rotatable bonds is 2. The van der Waals surface area contributed by atoms with Crippen LogP contribution >= 0.6 is 11.3 Å². The predicted molar refractivity (Wildman–Crippen MR) is 81.8 cm³/mol. The minimum atomic E-state index is -0.150. The third-order valence-corrected chi connectivity index (χ3v) is 5.09. The molecular formula is C16H21NO2S. The van der Waals surface area contributed by atoms with Crippen LogP contribution in [0.5, 0.6) is 0 Å². The van der Waals surface area contributed by atoms with Crippen molar-refractivity contribution in [1.29, 1.82) is 0 Å². The number of carbonyl (C=O) groups is 1. The predicted octanol–water partition coefficient (Wildman–Crippen LogP) is 2.74. The molecule has 20 heavy (non-hydrogen) atoms. The molecule has 3 nitrogen and oxygen atoms in total. The lowest BCUT2D eigenvalue weighted by atomic mass is 9.78. The monoisotopic (exact) mass is 291 g/mol. The van der Waals surface area contributed by atoms with Crippen LogP contribution in [0.3, 0.4) is 0 Å². The van der Waals surface area contributed by atoms with Crippen LogP contribution in [0.25, 0.3) is 0 Å². The zero-order valence-electron chi connectivity index (χ0n) is 12.1. The summed E-state index contributed by atoms with van der Waals surface area (Å²) in [4.78, 5) is 15.2. The number of likely N-dealkylation sites (tertiary alicyclic amines) is 1. The van der Waals surface area contributed by atoms with Gasteiger partial charge in [0.25, 0.3) is 5.91 Å². The van der Waals surface area contributed by atoms with E-state index in [1.807, 2.05) is 16.3 Å². The highest BCUT2D eigenvalue weighted by molar-refractivity contribution is 7.10. The van der Waals surface area contributed by atoms with Gasteiger partial charge in [-0.15, -0.1) is 11.3 Å². The zero-order chi connectivity index (χ0) is 14.6. The van der Waals surface area contributed by atoms with Crippen LogP contribution in [-0.2, 0) is 0 Å². The molecule has 1 fully saturated rings. The minimum Gasteiger partial charge on any atom is -0.384 e. The molecule has 1 amide bonds. The number of carbonyl (C=O) groups excluding carboxylic acids is 1. The first kappa shape index (κ1) is 15.1. The first-order chi connectivity index (χ1) is 9.58. The van der Waals surface area contributed by atoms with Crippen molar-refractivity contribution in [2.24, 2.45) is 5.41 Å². The van der Waals surface area contributed by atoms with Gasteiger partial charge in [0.15, 0.2) is 0 Å². The van der Waals surface area contributed by atoms with E-state index in [0.29, 0.717) is 5.41 Å². The van der Waals surface area contributed by atoms with Gasteiger partial charge in [-0.05, 0) is 24.3 Å². The van der Waals surface area contributed by atoms with E-state index in [1.165, 1.54) is 17.8 Å². The lowest BCUT2D eigenvalue weighted by molar-refractivity contribution is 0.0601. The van der Waals surface area contributed by atoms with Crippen LogP contribution < -0.4 is 0 Å². The van der Waals surface area contributed by atoms with Crippen molar-refractivity contribution in [3.63, 3.8) is 0 Å². The number of hydrogen-bond donors (Lipinski definition) is 1. The number of hydrogen-bond acceptors (Lipinski definition) is 3. The zero-order valence-corrected chi connectivity index (χ0v) is 12.9. The molecule has 0 radical (unpaired) electrons. The lowest BCUT2D eigenvalue weighted by Gasteiger charge is -2.38. The van der Waals surface area contributed by atoms with Gasteiger partial charge in [-0.25, -0.2) is 0 Å². The SMILES string of the molecule is CCC1(C)CCN(C(=O)c2csc(C#CCO)c2)CC1. The highest BCUT2D eigenvalue weighted by Gasteiger charge is 2.30. The van der Waals surface area contributed by atoms with Gasteiger partial charge in [0.2, 0.25) is 0 Å². The van der Waals surface area contributed by atoms with Gasteiger partial charge in [0.05, 0.1) is 10.4 Å². The summed E-state index contributed by atoms with van der Waals surface area (Å²) >= 11 is 1.45. The topological polar surface area (TPSA) is 40.5 Å². The molecule has 1 aromatic rings. The van der Waals surface area contributed by atoms with Crippen LogP contribution in [0.1, 0.15) is 48.3 Å². The van der Waals surface area contributed by atoms with E-state index in [-0.39, 0.29) is 12.5 Å². The third kappa shape index (κ3) is 3.41. The van der Waals surface area contributed by atoms with E-state index >= 15 is 0 Å². The van der Waals surface area contributed by atoms with Gasteiger partial charge in [-0.1, -0.05) is 32.1 Å². The van der Waals surface area contributed by atoms with Crippen LogP contribution in [0.4, 0.5) is 0 Å². The van der Waals surface area contributed by atoms with E-state index in [9.17, 15) is 4.79 Å². The molecule has 1 aliphatic rings. The standard InChI is InChI=1S/C16H21NO2S/c1-3-16(2)6-8-17(9-7-16)15(19)13-11-14(20-12-13)5-4-10-18/h11-12,18H,3,6-10H2,1-2H3. The molecule has 1 saturated heterocycles. The number of aliphatic hydroxyl groups excluding tert-OH is 1. The first-order valence-corrected chi connectivity index (χ1v) is 7.93. The fraction of sp³-hybridized carbons (Fsp3) is 0.562.